The van der Waals surface area contributed by atoms with Gasteiger partial charge in [0, 0.05) is 11.8 Å². The molecule has 1 aromatic carbocycles. The Hall–Kier alpha value is -0.470. The maximum atomic E-state index is 3.41. The van der Waals surface area contributed by atoms with Gasteiger partial charge >= 0.3 is 0 Å². The zero-order valence-corrected chi connectivity index (χ0v) is 13.2. The molecular formula is C16H27NS. The Morgan fingerprint density at radius 3 is 2.22 bits per heavy atom. The number of rotatable bonds is 6. The van der Waals surface area contributed by atoms with E-state index in [-0.39, 0.29) is 5.41 Å². The van der Waals surface area contributed by atoms with E-state index < -0.39 is 0 Å². The van der Waals surface area contributed by atoms with E-state index >= 15 is 0 Å². The molecule has 18 heavy (non-hydrogen) atoms. The van der Waals surface area contributed by atoms with Crippen LogP contribution in [0.5, 0.6) is 0 Å². The summed E-state index contributed by atoms with van der Waals surface area (Å²) in [6, 6.07) is 9.68. The summed E-state index contributed by atoms with van der Waals surface area (Å²) < 4.78 is 0. The van der Waals surface area contributed by atoms with Crippen LogP contribution in [0.2, 0.25) is 0 Å². The number of likely N-dealkylation sites (N-methyl/N-ethyl adjacent to an activating group) is 1. The molecule has 0 aromatic heterocycles. The molecule has 0 heterocycles. The summed E-state index contributed by atoms with van der Waals surface area (Å²) in [6.45, 7) is 9.00. The molecule has 2 heteroatoms. The average molecular weight is 265 g/mol. The first-order valence-corrected chi connectivity index (χ1v) is 7.97. The van der Waals surface area contributed by atoms with Crippen LogP contribution in [0.3, 0.4) is 0 Å². The predicted molar refractivity (Wildman–Crippen MR) is 84.7 cm³/mol. The molecule has 1 atom stereocenters. The fourth-order valence-electron chi connectivity index (χ4n) is 1.93. The van der Waals surface area contributed by atoms with Gasteiger partial charge in [0.1, 0.15) is 0 Å². The third-order valence-corrected chi connectivity index (χ3v) is 4.28. The van der Waals surface area contributed by atoms with E-state index in [2.05, 4.69) is 64.3 Å². The Balaban J connectivity index is 2.62. The van der Waals surface area contributed by atoms with Crippen LogP contribution in [0.15, 0.2) is 24.3 Å². The lowest BCUT2D eigenvalue weighted by atomic mass is 9.86. The summed E-state index contributed by atoms with van der Waals surface area (Å²) in [5.74, 6) is 2.38. The highest BCUT2D eigenvalue weighted by Crippen LogP contribution is 2.22. The molecule has 1 N–H and O–H groups in total. The van der Waals surface area contributed by atoms with Gasteiger partial charge in [-0.05, 0) is 35.8 Å². The van der Waals surface area contributed by atoms with Gasteiger partial charge in [0.05, 0.1) is 0 Å². The van der Waals surface area contributed by atoms with Crippen molar-refractivity contribution in [2.24, 2.45) is 0 Å². The quantitative estimate of drug-likeness (QED) is 0.838. The largest absolute Gasteiger partial charge is 0.316 e. The van der Waals surface area contributed by atoms with Crippen molar-refractivity contribution in [1.29, 1.82) is 0 Å². The summed E-state index contributed by atoms with van der Waals surface area (Å²) in [6.07, 6.45) is 1.12. The second-order valence-corrected chi connectivity index (χ2v) is 7.12. The maximum Gasteiger partial charge on any atom is 0.0195 e. The molecule has 0 aliphatic carbocycles. The summed E-state index contributed by atoms with van der Waals surface area (Å²) in [4.78, 5) is 0. The second-order valence-electron chi connectivity index (χ2n) is 5.80. The average Bonchev–Trinajstić information content (AvgIpc) is 2.34. The number of hydrogen-bond donors (Lipinski definition) is 1. The van der Waals surface area contributed by atoms with Crippen molar-refractivity contribution >= 4 is 11.8 Å². The molecule has 0 amide bonds. The Morgan fingerprint density at radius 1 is 1.17 bits per heavy atom. The molecule has 0 bridgehead atoms. The summed E-state index contributed by atoms with van der Waals surface area (Å²) >= 11 is 2.00. The molecule has 0 aliphatic rings. The van der Waals surface area contributed by atoms with E-state index in [0.29, 0.717) is 6.04 Å². The van der Waals surface area contributed by atoms with Gasteiger partial charge in [-0.1, -0.05) is 52.0 Å². The van der Waals surface area contributed by atoms with Gasteiger partial charge in [-0.15, -0.1) is 0 Å². The van der Waals surface area contributed by atoms with Crippen LogP contribution in [-0.4, -0.2) is 24.6 Å². The third kappa shape index (κ3) is 5.03. The van der Waals surface area contributed by atoms with E-state index in [9.17, 15) is 0 Å². The highest BCUT2D eigenvalue weighted by molar-refractivity contribution is 7.99. The van der Waals surface area contributed by atoms with Gasteiger partial charge in [-0.2, -0.15) is 11.8 Å². The predicted octanol–water partition coefficient (Wildman–Crippen LogP) is 3.87. The number of thioether (sulfide) groups is 1. The lowest BCUT2D eigenvalue weighted by molar-refractivity contribution is 0.588. The zero-order chi connectivity index (χ0) is 13.6. The molecule has 0 fully saturated rings. The van der Waals surface area contributed by atoms with Gasteiger partial charge in [0.15, 0.2) is 0 Å². The van der Waals surface area contributed by atoms with E-state index in [1.165, 1.54) is 22.6 Å². The molecule has 1 unspecified atom stereocenters. The molecule has 1 nitrogen and oxygen atoms in total. The first kappa shape index (κ1) is 15.6. The molecule has 0 spiro atoms. The van der Waals surface area contributed by atoms with Crippen LogP contribution >= 0.6 is 11.8 Å². The monoisotopic (exact) mass is 265 g/mol. The van der Waals surface area contributed by atoms with Crippen molar-refractivity contribution in [3.8, 4) is 0 Å². The minimum atomic E-state index is 0.249. The van der Waals surface area contributed by atoms with E-state index in [4.69, 9.17) is 0 Å². The first-order chi connectivity index (χ1) is 8.47. The van der Waals surface area contributed by atoms with Crippen molar-refractivity contribution in [1.82, 2.24) is 5.32 Å². The normalized spacial score (nSPS) is 13.6. The van der Waals surface area contributed by atoms with Crippen molar-refractivity contribution in [3.63, 3.8) is 0 Å². The number of nitrogens with one attached hydrogen (secondary N) is 1. The molecule has 0 saturated heterocycles. The highest BCUT2D eigenvalue weighted by Gasteiger charge is 2.13. The molecule has 0 saturated carbocycles. The minimum Gasteiger partial charge on any atom is -0.316 e. The topological polar surface area (TPSA) is 12.0 Å². The van der Waals surface area contributed by atoms with Crippen LogP contribution in [0, 0.1) is 0 Å². The van der Waals surface area contributed by atoms with E-state index in [1.54, 1.807) is 0 Å². The SMILES string of the molecule is CCSCC(Cc1ccc(C(C)(C)C)cc1)NC. The Labute approximate surface area is 117 Å². The lowest BCUT2D eigenvalue weighted by Gasteiger charge is -2.20. The van der Waals surface area contributed by atoms with Gasteiger partial charge in [0.2, 0.25) is 0 Å². The summed E-state index contributed by atoms with van der Waals surface area (Å²) in [5, 5.41) is 3.41. The number of hydrogen-bond acceptors (Lipinski definition) is 2. The van der Waals surface area contributed by atoms with Crippen LogP contribution in [0.1, 0.15) is 38.8 Å². The van der Waals surface area contributed by atoms with Crippen LogP contribution in [0.4, 0.5) is 0 Å². The Morgan fingerprint density at radius 2 is 1.78 bits per heavy atom. The third-order valence-electron chi connectivity index (χ3n) is 3.23. The molecule has 102 valence electrons. The standard InChI is InChI=1S/C16H27NS/c1-6-18-12-15(17-5)11-13-7-9-14(10-8-13)16(2,3)4/h7-10,15,17H,6,11-12H2,1-5H3. The van der Waals surface area contributed by atoms with Gasteiger partial charge in [0.25, 0.3) is 0 Å². The van der Waals surface area contributed by atoms with Crippen molar-refractivity contribution in [2.45, 2.75) is 45.6 Å². The molecule has 0 aliphatic heterocycles. The fraction of sp³-hybridized carbons (Fsp3) is 0.625. The van der Waals surface area contributed by atoms with Gasteiger partial charge in [-0.25, -0.2) is 0 Å². The smallest absolute Gasteiger partial charge is 0.0195 e. The number of benzene rings is 1. The van der Waals surface area contributed by atoms with E-state index in [0.717, 1.165) is 6.42 Å². The van der Waals surface area contributed by atoms with Gasteiger partial charge < -0.3 is 5.32 Å². The van der Waals surface area contributed by atoms with Gasteiger partial charge in [-0.3, -0.25) is 0 Å². The molecule has 1 rings (SSSR count). The minimum absolute atomic E-state index is 0.249. The molecule has 1 aromatic rings. The Bertz CT molecular complexity index is 337. The van der Waals surface area contributed by atoms with Crippen LogP contribution < -0.4 is 5.32 Å². The Kier molecular flexibility index (Phi) is 6.24. The summed E-state index contributed by atoms with van der Waals surface area (Å²) in [5.41, 5.74) is 3.09. The van der Waals surface area contributed by atoms with Crippen molar-refractivity contribution in [2.75, 3.05) is 18.6 Å². The zero-order valence-electron chi connectivity index (χ0n) is 12.4. The van der Waals surface area contributed by atoms with Crippen LogP contribution in [-0.2, 0) is 11.8 Å². The maximum absolute atomic E-state index is 3.41. The fourth-order valence-corrected chi connectivity index (χ4v) is 2.73. The van der Waals surface area contributed by atoms with Crippen molar-refractivity contribution in [3.05, 3.63) is 35.4 Å². The molecule has 0 radical (unpaired) electrons. The highest BCUT2D eigenvalue weighted by atomic mass is 32.2. The lowest BCUT2D eigenvalue weighted by Crippen LogP contribution is -2.30. The van der Waals surface area contributed by atoms with Crippen molar-refractivity contribution < 1.29 is 0 Å². The van der Waals surface area contributed by atoms with E-state index in [1.807, 2.05) is 11.8 Å². The summed E-state index contributed by atoms with van der Waals surface area (Å²) in [7, 11) is 2.06. The van der Waals surface area contributed by atoms with Crippen LogP contribution in [0.25, 0.3) is 0 Å². The molecular weight excluding hydrogens is 238 g/mol. The first-order valence-electron chi connectivity index (χ1n) is 6.81. The second kappa shape index (κ2) is 7.20.